The van der Waals surface area contributed by atoms with Gasteiger partial charge in [-0.05, 0) is 37.6 Å². The molecule has 1 aromatic heterocycles. The van der Waals surface area contributed by atoms with Crippen molar-refractivity contribution in [2.45, 2.75) is 39.5 Å². The Morgan fingerprint density at radius 2 is 1.88 bits per heavy atom. The van der Waals surface area contributed by atoms with Gasteiger partial charge in [-0.2, -0.15) is 0 Å². The van der Waals surface area contributed by atoms with E-state index in [-0.39, 0.29) is 6.61 Å². The van der Waals surface area contributed by atoms with E-state index in [0.29, 0.717) is 12.5 Å². The number of fused-ring (bicyclic) bond motifs is 1. The number of para-hydroxylation sites is 2. The maximum absolute atomic E-state index is 10.4. The number of imidazole rings is 1. The van der Waals surface area contributed by atoms with Gasteiger partial charge in [-0.3, -0.25) is 5.73 Å². The van der Waals surface area contributed by atoms with Gasteiger partial charge in [0.15, 0.2) is 0 Å². The molecule has 0 aliphatic heterocycles. The third kappa shape index (κ3) is 3.77. The van der Waals surface area contributed by atoms with Gasteiger partial charge in [0.2, 0.25) is 0 Å². The van der Waals surface area contributed by atoms with Crippen LogP contribution in [0.5, 0.6) is 5.75 Å². The van der Waals surface area contributed by atoms with Gasteiger partial charge in [-0.15, -0.1) is 0 Å². The van der Waals surface area contributed by atoms with E-state index < -0.39 is 6.10 Å². The lowest BCUT2D eigenvalue weighted by molar-refractivity contribution is -0.665. The topological polar surface area (TPSA) is 64.3 Å². The summed E-state index contributed by atoms with van der Waals surface area (Å²) in [7, 11) is 0. The summed E-state index contributed by atoms with van der Waals surface area (Å²) in [5.41, 5.74) is 9.65. The zero-order valence-electron chi connectivity index (χ0n) is 14.9. The highest BCUT2D eigenvalue weighted by Crippen LogP contribution is 2.17. The molecule has 0 saturated carbocycles. The Balaban J connectivity index is 1.75. The maximum atomic E-state index is 10.4. The van der Waals surface area contributed by atoms with Crippen molar-refractivity contribution in [2.24, 2.45) is 0 Å². The van der Waals surface area contributed by atoms with Crippen LogP contribution in [0.2, 0.25) is 0 Å². The number of hydrogen-bond donors (Lipinski definition) is 2. The van der Waals surface area contributed by atoms with Crippen molar-refractivity contribution in [2.75, 3.05) is 12.3 Å². The number of aromatic nitrogens is 2. The minimum absolute atomic E-state index is 0.225. The van der Waals surface area contributed by atoms with Gasteiger partial charge in [0, 0.05) is 0 Å². The molecule has 5 heteroatoms. The van der Waals surface area contributed by atoms with Gasteiger partial charge in [-0.1, -0.05) is 36.8 Å². The molecule has 0 amide bonds. The number of benzene rings is 2. The van der Waals surface area contributed by atoms with E-state index in [9.17, 15) is 5.11 Å². The van der Waals surface area contributed by atoms with Crippen LogP contribution in [0.4, 0.5) is 5.95 Å². The van der Waals surface area contributed by atoms with Crippen LogP contribution in [0.25, 0.3) is 11.0 Å². The number of aliphatic hydroxyl groups excluding tert-OH is 1. The fraction of sp³-hybridized carbons (Fsp3) is 0.350. The molecule has 0 fully saturated rings. The summed E-state index contributed by atoms with van der Waals surface area (Å²) >= 11 is 0. The van der Waals surface area contributed by atoms with Crippen molar-refractivity contribution in [1.82, 2.24) is 4.57 Å². The van der Waals surface area contributed by atoms with Gasteiger partial charge in [0.25, 0.3) is 0 Å². The zero-order valence-corrected chi connectivity index (χ0v) is 14.9. The first-order valence-corrected chi connectivity index (χ1v) is 8.74. The standard InChI is InChI=1S/C20H25N3O2/c1-3-12-22-18-6-4-5-7-19(18)23(20(22)21)13-16(24)14-25-17-10-8-15(2)9-11-17/h4-11,16,21,24H,3,12-14H2,1-2H3/p+1/t16-/m0/s1. The lowest BCUT2D eigenvalue weighted by Crippen LogP contribution is -2.43. The van der Waals surface area contributed by atoms with Crippen molar-refractivity contribution in [3.63, 3.8) is 0 Å². The van der Waals surface area contributed by atoms with Gasteiger partial charge in [0.05, 0.1) is 6.54 Å². The molecule has 25 heavy (non-hydrogen) atoms. The fourth-order valence-electron chi connectivity index (χ4n) is 3.05. The average molecular weight is 340 g/mol. The Labute approximate surface area is 148 Å². The maximum Gasteiger partial charge on any atom is 0.356 e. The molecular weight excluding hydrogens is 314 g/mol. The summed E-state index contributed by atoms with van der Waals surface area (Å²) in [6.07, 6.45) is 0.358. The monoisotopic (exact) mass is 340 g/mol. The molecule has 132 valence electrons. The number of aryl methyl sites for hydroxylation is 2. The highest BCUT2D eigenvalue weighted by molar-refractivity contribution is 5.73. The van der Waals surface area contributed by atoms with Crippen LogP contribution >= 0.6 is 0 Å². The lowest BCUT2D eigenvalue weighted by atomic mass is 10.2. The number of nitrogens with zero attached hydrogens (tertiary/aromatic N) is 2. The molecule has 2 aromatic carbocycles. The average Bonchev–Trinajstić information content (AvgIpc) is 2.88. The van der Waals surface area contributed by atoms with E-state index >= 15 is 0 Å². The smallest absolute Gasteiger partial charge is 0.356 e. The van der Waals surface area contributed by atoms with Crippen molar-refractivity contribution < 1.29 is 14.4 Å². The zero-order chi connectivity index (χ0) is 17.8. The van der Waals surface area contributed by atoms with Crippen LogP contribution in [0.1, 0.15) is 18.9 Å². The quantitative estimate of drug-likeness (QED) is 0.650. The third-order valence-corrected chi connectivity index (χ3v) is 4.32. The highest BCUT2D eigenvalue weighted by Gasteiger charge is 2.22. The number of rotatable bonds is 7. The summed E-state index contributed by atoms with van der Waals surface area (Å²) in [6, 6.07) is 15.9. The number of anilines is 1. The first-order valence-electron chi connectivity index (χ1n) is 8.74. The van der Waals surface area contributed by atoms with Crippen LogP contribution in [0.15, 0.2) is 48.5 Å². The Kier molecular flexibility index (Phi) is 5.24. The van der Waals surface area contributed by atoms with E-state index in [4.69, 9.17) is 10.5 Å². The Hall–Kier alpha value is -2.53. The largest absolute Gasteiger partial charge is 0.491 e. The molecule has 0 unspecified atom stereocenters. The third-order valence-electron chi connectivity index (χ3n) is 4.32. The Morgan fingerprint density at radius 3 is 2.60 bits per heavy atom. The first kappa shape index (κ1) is 17.3. The fourth-order valence-corrected chi connectivity index (χ4v) is 3.05. The summed E-state index contributed by atoms with van der Waals surface area (Å²) in [6.45, 7) is 5.64. The number of nitrogens with two attached hydrogens (primary N) is 1. The summed E-state index contributed by atoms with van der Waals surface area (Å²) < 4.78 is 9.76. The Bertz CT molecular complexity index is 840. The minimum atomic E-state index is -0.644. The molecule has 0 aliphatic carbocycles. The number of ether oxygens (including phenoxy) is 1. The molecule has 1 atom stereocenters. The van der Waals surface area contributed by atoms with E-state index in [0.717, 1.165) is 29.7 Å². The summed E-state index contributed by atoms with van der Waals surface area (Å²) in [5, 5.41) is 10.4. The molecule has 0 radical (unpaired) electrons. The number of aliphatic hydroxyl groups is 1. The second-order valence-electron chi connectivity index (χ2n) is 6.39. The Morgan fingerprint density at radius 1 is 1.16 bits per heavy atom. The molecule has 3 rings (SSSR count). The molecule has 3 N–H and O–H groups in total. The molecule has 3 aromatic rings. The van der Waals surface area contributed by atoms with Crippen LogP contribution in [0, 0.1) is 6.92 Å². The predicted octanol–water partition coefficient (Wildman–Crippen LogP) is 2.67. The van der Waals surface area contributed by atoms with Crippen LogP contribution in [-0.4, -0.2) is 22.4 Å². The van der Waals surface area contributed by atoms with Crippen LogP contribution in [-0.2, 0) is 13.1 Å². The molecule has 1 heterocycles. The number of nitrogen functional groups attached to an aromatic ring is 1. The van der Waals surface area contributed by atoms with Gasteiger partial charge in [0.1, 0.15) is 36.0 Å². The highest BCUT2D eigenvalue weighted by atomic mass is 16.5. The van der Waals surface area contributed by atoms with Crippen LogP contribution < -0.4 is 15.0 Å². The first-order chi connectivity index (χ1) is 12.1. The van der Waals surface area contributed by atoms with E-state index in [1.54, 1.807) is 0 Å². The van der Waals surface area contributed by atoms with Crippen molar-refractivity contribution in [1.29, 1.82) is 0 Å². The lowest BCUT2D eigenvalue weighted by Gasteiger charge is -2.12. The molecular formula is C20H26N3O2+. The SMILES string of the molecule is CCCn1c(N)[n+](C[C@H](O)COc2ccc(C)cc2)c2ccccc21. The second kappa shape index (κ2) is 7.57. The second-order valence-corrected chi connectivity index (χ2v) is 6.39. The van der Waals surface area contributed by atoms with Gasteiger partial charge in [-0.25, -0.2) is 9.13 Å². The summed E-state index contributed by atoms with van der Waals surface area (Å²) in [4.78, 5) is 0. The molecule has 5 nitrogen and oxygen atoms in total. The predicted molar refractivity (Wildman–Crippen MR) is 99.5 cm³/mol. The van der Waals surface area contributed by atoms with Crippen molar-refractivity contribution in [3.8, 4) is 5.75 Å². The van der Waals surface area contributed by atoms with Crippen molar-refractivity contribution >= 4 is 17.0 Å². The molecule has 0 spiro atoms. The molecule has 0 bridgehead atoms. The molecule has 0 aliphatic rings. The normalized spacial score (nSPS) is 12.4. The van der Waals surface area contributed by atoms with E-state index in [1.807, 2.05) is 54.0 Å². The minimum Gasteiger partial charge on any atom is -0.491 e. The summed E-state index contributed by atoms with van der Waals surface area (Å²) in [5.74, 6) is 1.42. The molecule has 0 saturated heterocycles. The number of hydrogen-bond acceptors (Lipinski definition) is 3. The van der Waals surface area contributed by atoms with Gasteiger partial charge < -0.3 is 9.84 Å². The van der Waals surface area contributed by atoms with E-state index in [1.165, 1.54) is 5.56 Å². The van der Waals surface area contributed by atoms with Crippen molar-refractivity contribution in [3.05, 3.63) is 54.1 Å². The van der Waals surface area contributed by atoms with Crippen LogP contribution in [0.3, 0.4) is 0 Å². The van der Waals surface area contributed by atoms with E-state index in [2.05, 4.69) is 17.6 Å². The van der Waals surface area contributed by atoms with Gasteiger partial charge >= 0.3 is 5.95 Å².